The summed E-state index contributed by atoms with van der Waals surface area (Å²) in [6.45, 7) is 1.92. The average molecular weight is 321 g/mol. The Labute approximate surface area is 132 Å². The smallest absolute Gasteiger partial charge is 0.243 e. The van der Waals surface area contributed by atoms with Crippen LogP contribution in [0.5, 0.6) is 0 Å². The molecule has 3 rings (SSSR count). The Balaban J connectivity index is 1.85. The van der Waals surface area contributed by atoms with Gasteiger partial charge in [-0.15, -0.1) is 0 Å². The van der Waals surface area contributed by atoms with Gasteiger partial charge in [0.05, 0.1) is 10.9 Å². The van der Waals surface area contributed by atoms with Crippen molar-refractivity contribution in [3.05, 3.63) is 29.8 Å². The van der Waals surface area contributed by atoms with E-state index in [1.165, 1.54) is 4.31 Å². The number of Topliss-reactive ketones (excluding diaryl/α,β-unsaturated/α-hetero) is 1. The maximum absolute atomic E-state index is 12.8. The molecule has 1 aromatic rings. The molecule has 120 valence electrons. The minimum atomic E-state index is -3.60. The standard InChI is InChI=1S/C17H23NO3S/c1-12-8-10-13(11-9-12)22(20,21)18(2)16-14-6-4-3-5-7-15(14)17(16)19/h8-11,14-16H,3-7H2,1-2H3/t14-,15-,16+/m1/s1. The summed E-state index contributed by atoms with van der Waals surface area (Å²) in [6, 6.07) is 6.36. The number of benzene rings is 1. The van der Waals surface area contributed by atoms with E-state index in [4.69, 9.17) is 0 Å². The molecule has 22 heavy (non-hydrogen) atoms. The molecule has 2 saturated carbocycles. The number of aryl methyl sites for hydroxylation is 1. The first-order chi connectivity index (χ1) is 10.4. The van der Waals surface area contributed by atoms with E-state index in [-0.39, 0.29) is 22.5 Å². The van der Waals surface area contributed by atoms with Crippen LogP contribution in [0.3, 0.4) is 0 Å². The van der Waals surface area contributed by atoms with E-state index >= 15 is 0 Å². The Kier molecular flexibility index (Phi) is 4.12. The van der Waals surface area contributed by atoms with E-state index in [0.717, 1.165) is 37.7 Å². The number of nitrogens with zero attached hydrogens (tertiary/aromatic N) is 1. The van der Waals surface area contributed by atoms with Crippen molar-refractivity contribution in [2.24, 2.45) is 11.8 Å². The van der Waals surface area contributed by atoms with E-state index in [9.17, 15) is 13.2 Å². The van der Waals surface area contributed by atoms with Crippen molar-refractivity contribution in [3.8, 4) is 0 Å². The number of ketones is 1. The molecule has 0 spiro atoms. The maximum Gasteiger partial charge on any atom is 0.243 e. The molecule has 2 aliphatic carbocycles. The summed E-state index contributed by atoms with van der Waals surface area (Å²) in [7, 11) is -2.04. The molecule has 1 aromatic carbocycles. The molecule has 3 atom stereocenters. The third-order valence-corrected chi connectivity index (χ3v) is 7.07. The minimum Gasteiger partial charge on any atom is -0.298 e. The lowest BCUT2D eigenvalue weighted by atomic mass is 9.65. The Bertz CT molecular complexity index is 666. The van der Waals surface area contributed by atoms with Crippen LogP contribution in [0.2, 0.25) is 0 Å². The lowest BCUT2D eigenvalue weighted by Gasteiger charge is -2.46. The average Bonchev–Trinajstić information content (AvgIpc) is 2.70. The van der Waals surface area contributed by atoms with Gasteiger partial charge in [0.1, 0.15) is 0 Å². The zero-order valence-electron chi connectivity index (χ0n) is 13.2. The number of likely N-dealkylation sites (N-methyl/N-ethyl adjacent to an activating group) is 1. The molecule has 2 aliphatic rings. The second-order valence-electron chi connectivity index (χ2n) is 6.59. The second kappa shape index (κ2) is 5.78. The highest BCUT2D eigenvalue weighted by Crippen LogP contribution is 2.44. The van der Waals surface area contributed by atoms with Gasteiger partial charge in [0.15, 0.2) is 5.78 Å². The monoisotopic (exact) mass is 321 g/mol. The van der Waals surface area contributed by atoms with Crippen LogP contribution in [0.1, 0.15) is 37.7 Å². The lowest BCUT2D eigenvalue weighted by Crippen LogP contribution is -2.60. The Morgan fingerprint density at radius 2 is 1.68 bits per heavy atom. The number of carbonyl (C=O) groups is 1. The van der Waals surface area contributed by atoms with Crippen LogP contribution in [-0.2, 0) is 14.8 Å². The molecule has 0 amide bonds. The fraction of sp³-hybridized carbons (Fsp3) is 0.588. The number of carbonyl (C=O) groups excluding carboxylic acids is 1. The molecule has 5 heteroatoms. The van der Waals surface area contributed by atoms with Crippen molar-refractivity contribution in [2.45, 2.75) is 50.0 Å². The summed E-state index contributed by atoms with van der Waals surface area (Å²) in [6.07, 6.45) is 5.24. The molecule has 0 aromatic heterocycles. The number of rotatable bonds is 3. The predicted octanol–water partition coefficient (Wildman–Crippen LogP) is 2.76. The summed E-state index contributed by atoms with van der Waals surface area (Å²) in [4.78, 5) is 12.7. The zero-order chi connectivity index (χ0) is 15.9. The van der Waals surface area contributed by atoms with Gasteiger partial charge in [0, 0.05) is 13.0 Å². The second-order valence-corrected chi connectivity index (χ2v) is 8.59. The van der Waals surface area contributed by atoms with Crippen molar-refractivity contribution in [2.75, 3.05) is 7.05 Å². The Hall–Kier alpha value is -1.20. The zero-order valence-corrected chi connectivity index (χ0v) is 14.0. The van der Waals surface area contributed by atoms with Crippen molar-refractivity contribution in [3.63, 3.8) is 0 Å². The molecular formula is C17H23NO3S. The highest BCUT2D eigenvalue weighted by atomic mass is 32.2. The largest absolute Gasteiger partial charge is 0.298 e. The summed E-state index contributed by atoms with van der Waals surface area (Å²) < 4.78 is 26.8. The van der Waals surface area contributed by atoms with Crippen LogP contribution < -0.4 is 0 Å². The van der Waals surface area contributed by atoms with Gasteiger partial charge in [-0.2, -0.15) is 4.31 Å². The lowest BCUT2D eigenvalue weighted by molar-refractivity contribution is -0.142. The fourth-order valence-corrected chi connectivity index (χ4v) is 5.23. The molecule has 0 saturated heterocycles. The van der Waals surface area contributed by atoms with Gasteiger partial charge >= 0.3 is 0 Å². The molecule has 0 aliphatic heterocycles. The third kappa shape index (κ3) is 2.50. The fourth-order valence-electron chi connectivity index (χ4n) is 3.85. The van der Waals surface area contributed by atoms with Gasteiger partial charge in [0.2, 0.25) is 10.0 Å². The van der Waals surface area contributed by atoms with Gasteiger partial charge in [0.25, 0.3) is 0 Å². The van der Waals surface area contributed by atoms with Crippen LogP contribution in [0.25, 0.3) is 0 Å². The molecule has 4 nitrogen and oxygen atoms in total. The molecule has 2 fully saturated rings. The van der Waals surface area contributed by atoms with E-state index in [0.29, 0.717) is 0 Å². The molecule has 0 N–H and O–H groups in total. The first-order valence-corrected chi connectivity index (χ1v) is 9.45. The van der Waals surface area contributed by atoms with E-state index < -0.39 is 16.1 Å². The van der Waals surface area contributed by atoms with Crippen molar-refractivity contribution in [1.29, 1.82) is 0 Å². The molecule has 0 bridgehead atoms. The predicted molar refractivity (Wildman–Crippen MR) is 85.0 cm³/mol. The van der Waals surface area contributed by atoms with Gasteiger partial charge in [-0.3, -0.25) is 4.79 Å². The van der Waals surface area contributed by atoms with E-state index in [1.54, 1.807) is 31.3 Å². The highest BCUT2D eigenvalue weighted by Gasteiger charge is 2.53. The van der Waals surface area contributed by atoms with Gasteiger partial charge in [-0.25, -0.2) is 8.42 Å². The van der Waals surface area contributed by atoms with Gasteiger partial charge < -0.3 is 0 Å². The topological polar surface area (TPSA) is 54.5 Å². The number of hydrogen-bond acceptors (Lipinski definition) is 3. The number of fused-ring (bicyclic) bond motifs is 1. The summed E-state index contributed by atoms with van der Waals surface area (Å²) in [5, 5.41) is 0. The van der Waals surface area contributed by atoms with Crippen LogP contribution in [0.15, 0.2) is 29.2 Å². The Morgan fingerprint density at radius 1 is 1.05 bits per heavy atom. The highest BCUT2D eigenvalue weighted by molar-refractivity contribution is 7.89. The van der Waals surface area contributed by atoms with Crippen molar-refractivity contribution in [1.82, 2.24) is 4.31 Å². The molecule has 0 heterocycles. The first-order valence-electron chi connectivity index (χ1n) is 8.01. The quantitative estimate of drug-likeness (QED) is 0.860. The molecule has 0 unspecified atom stereocenters. The van der Waals surface area contributed by atoms with E-state index in [1.807, 2.05) is 6.92 Å². The van der Waals surface area contributed by atoms with Crippen LogP contribution in [0, 0.1) is 18.8 Å². The SMILES string of the molecule is Cc1ccc(S(=O)(=O)N(C)[C@@H]2C(=O)[C@@H]3CCCCC[C@@H]23)cc1. The van der Waals surface area contributed by atoms with Crippen LogP contribution >= 0.6 is 0 Å². The minimum absolute atomic E-state index is 0.0863. The molecule has 0 radical (unpaired) electrons. The number of hydrogen-bond donors (Lipinski definition) is 0. The maximum atomic E-state index is 12.8. The van der Waals surface area contributed by atoms with Gasteiger partial charge in [-0.05, 0) is 37.8 Å². The van der Waals surface area contributed by atoms with Crippen molar-refractivity contribution >= 4 is 15.8 Å². The summed E-state index contributed by atoms with van der Waals surface area (Å²) in [5.41, 5.74) is 1.02. The molecular weight excluding hydrogens is 298 g/mol. The summed E-state index contributed by atoms with van der Waals surface area (Å²) >= 11 is 0. The van der Waals surface area contributed by atoms with E-state index in [2.05, 4.69) is 0 Å². The normalized spacial score (nSPS) is 28.9. The van der Waals surface area contributed by atoms with Crippen LogP contribution in [0.4, 0.5) is 0 Å². The summed E-state index contributed by atoms with van der Waals surface area (Å²) in [5.74, 6) is 0.411. The third-order valence-electron chi connectivity index (χ3n) is 5.22. The van der Waals surface area contributed by atoms with Crippen molar-refractivity contribution < 1.29 is 13.2 Å². The van der Waals surface area contributed by atoms with Gasteiger partial charge in [-0.1, -0.05) is 37.0 Å². The van der Waals surface area contributed by atoms with Crippen LogP contribution in [-0.4, -0.2) is 31.6 Å². The Morgan fingerprint density at radius 3 is 2.36 bits per heavy atom. The number of sulfonamides is 1. The first kappa shape index (κ1) is 15.7.